The van der Waals surface area contributed by atoms with E-state index in [1.165, 1.54) is 37.4 Å². The van der Waals surface area contributed by atoms with Gasteiger partial charge in [-0.1, -0.05) is 69.4 Å². The van der Waals surface area contributed by atoms with Crippen molar-refractivity contribution in [3.05, 3.63) is 66.2 Å². The summed E-state index contributed by atoms with van der Waals surface area (Å²) in [5, 5.41) is 21.2. The number of ether oxygens (including phenoxy) is 1. The first-order valence-electron chi connectivity index (χ1n) is 12.9. The number of unbranched alkanes of at least 4 members (excludes halogenated alkanes) is 5. The lowest BCUT2D eigenvalue weighted by molar-refractivity contribution is 0.224. The van der Waals surface area contributed by atoms with Gasteiger partial charge in [0.2, 0.25) is 0 Å². The number of methoxy groups -OCH3 is 1. The van der Waals surface area contributed by atoms with E-state index in [4.69, 9.17) is 9.72 Å². The highest BCUT2D eigenvalue weighted by Crippen LogP contribution is 2.34. The summed E-state index contributed by atoms with van der Waals surface area (Å²) < 4.78 is 17.8. The molecule has 0 fully saturated rings. The van der Waals surface area contributed by atoms with Crippen molar-refractivity contribution in [1.82, 2.24) is 4.98 Å². The van der Waals surface area contributed by atoms with Gasteiger partial charge in [-0.15, -0.1) is 11.8 Å². The van der Waals surface area contributed by atoms with E-state index in [0.29, 0.717) is 22.1 Å². The quantitative estimate of drug-likeness (QED) is 0.169. The van der Waals surface area contributed by atoms with Crippen molar-refractivity contribution in [2.75, 3.05) is 24.4 Å². The summed E-state index contributed by atoms with van der Waals surface area (Å²) in [7, 11) is 0.574. The number of hydrogen-bond acceptors (Lipinski definition) is 6. The lowest BCUT2D eigenvalue weighted by Crippen LogP contribution is -2.21. The van der Waals surface area contributed by atoms with E-state index in [2.05, 4.69) is 13.0 Å². The molecule has 0 saturated carbocycles. The lowest BCUT2D eigenvalue weighted by atomic mass is 9.99. The third-order valence-corrected chi connectivity index (χ3v) is 8.71. The average molecular weight is 537 g/mol. The maximum absolute atomic E-state index is 12.5. The molecule has 37 heavy (non-hydrogen) atoms. The summed E-state index contributed by atoms with van der Waals surface area (Å²) in [5.41, 5.74) is 3.86. The highest BCUT2D eigenvalue weighted by Gasteiger charge is 2.18. The normalized spacial score (nSPS) is 12.6. The van der Waals surface area contributed by atoms with Gasteiger partial charge in [0.1, 0.15) is 16.8 Å². The molecule has 1 heterocycles. The van der Waals surface area contributed by atoms with Gasteiger partial charge in [-0.2, -0.15) is 5.26 Å². The standard InChI is InChI=1S/C30H36N2O3S2/c1-3-4-5-6-7-11-18-37(34)22-25(33)21-36-30-28(20-31)27(23-12-9-8-10-13-23)19-29(32-30)24-14-16-26(35-2)17-15-24/h8-10,12-17,19,25,33H,3-7,11,18,21-22H2,1-2H3. The van der Waals surface area contributed by atoms with E-state index >= 15 is 0 Å². The van der Waals surface area contributed by atoms with Crippen LogP contribution in [0, 0.1) is 11.3 Å². The Labute approximate surface area is 227 Å². The number of rotatable bonds is 15. The van der Waals surface area contributed by atoms with Crippen LogP contribution in [0.1, 0.15) is 51.0 Å². The Balaban J connectivity index is 1.74. The van der Waals surface area contributed by atoms with Crippen molar-refractivity contribution in [1.29, 1.82) is 5.26 Å². The predicted molar refractivity (Wildman–Crippen MR) is 154 cm³/mol. The Kier molecular flexibility index (Phi) is 12.2. The van der Waals surface area contributed by atoms with Crippen molar-refractivity contribution in [2.45, 2.75) is 56.6 Å². The van der Waals surface area contributed by atoms with Gasteiger partial charge in [0.05, 0.1) is 30.2 Å². The van der Waals surface area contributed by atoms with Gasteiger partial charge in [-0.05, 0) is 42.3 Å². The third-order valence-electron chi connectivity index (χ3n) is 6.08. The minimum atomic E-state index is -1.05. The molecule has 0 amide bonds. The first-order valence-corrected chi connectivity index (χ1v) is 15.3. The molecule has 2 atom stereocenters. The molecule has 3 aromatic rings. The zero-order valence-electron chi connectivity index (χ0n) is 21.7. The van der Waals surface area contributed by atoms with E-state index in [1.54, 1.807) is 7.11 Å². The predicted octanol–water partition coefficient (Wildman–Crippen LogP) is 6.86. The Bertz CT molecular complexity index is 1180. The smallest absolute Gasteiger partial charge is 0.118 e. The van der Waals surface area contributed by atoms with Gasteiger partial charge >= 0.3 is 0 Å². The van der Waals surface area contributed by atoms with Crippen LogP contribution in [0.3, 0.4) is 0 Å². The van der Waals surface area contributed by atoms with Crippen molar-refractivity contribution in [2.24, 2.45) is 0 Å². The number of nitriles is 1. The van der Waals surface area contributed by atoms with Crippen LogP contribution in [0.15, 0.2) is 65.7 Å². The first kappa shape index (κ1) is 28.9. The van der Waals surface area contributed by atoms with Crippen LogP contribution in [0.2, 0.25) is 0 Å². The van der Waals surface area contributed by atoms with Crippen LogP contribution in [0.25, 0.3) is 22.4 Å². The second kappa shape index (κ2) is 15.6. The second-order valence-electron chi connectivity index (χ2n) is 8.98. The zero-order valence-corrected chi connectivity index (χ0v) is 23.3. The first-order chi connectivity index (χ1) is 18.0. The molecule has 0 aliphatic heterocycles. The fourth-order valence-electron chi connectivity index (χ4n) is 4.05. The number of aromatic nitrogens is 1. The molecule has 0 saturated heterocycles. The van der Waals surface area contributed by atoms with Crippen LogP contribution in [0.5, 0.6) is 5.75 Å². The Morgan fingerprint density at radius 1 is 1.03 bits per heavy atom. The van der Waals surface area contributed by atoms with E-state index in [9.17, 15) is 14.6 Å². The fraction of sp³-hybridized carbons (Fsp3) is 0.400. The van der Waals surface area contributed by atoms with E-state index < -0.39 is 16.9 Å². The van der Waals surface area contributed by atoms with Gasteiger partial charge in [0, 0.05) is 33.4 Å². The SMILES string of the molecule is CCCCCCCCS(=O)CC(O)CSc1nc(-c2ccc(OC)cc2)cc(-c2ccccc2)c1C#N. The van der Waals surface area contributed by atoms with Crippen molar-refractivity contribution in [3.8, 4) is 34.2 Å². The molecule has 0 bridgehead atoms. The molecule has 3 rings (SSSR count). The Hall–Kier alpha value is -2.66. The van der Waals surface area contributed by atoms with Crippen LogP contribution in [-0.2, 0) is 10.8 Å². The van der Waals surface area contributed by atoms with Crippen LogP contribution >= 0.6 is 11.8 Å². The molecule has 5 nitrogen and oxygen atoms in total. The van der Waals surface area contributed by atoms with Gasteiger partial charge < -0.3 is 9.84 Å². The molecular formula is C30H36N2O3S2. The summed E-state index contributed by atoms with van der Waals surface area (Å²) >= 11 is 1.34. The highest BCUT2D eigenvalue weighted by atomic mass is 32.2. The molecule has 0 radical (unpaired) electrons. The molecule has 2 unspecified atom stereocenters. The summed E-state index contributed by atoms with van der Waals surface area (Å²) in [6, 6.07) is 21.7. The molecular weight excluding hydrogens is 500 g/mol. The number of pyridine rings is 1. The maximum atomic E-state index is 12.5. The molecule has 1 aromatic heterocycles. The van der Waals surface area contributed by atoms with Crippen molar-refractivity contribution in [3.63, 3.8) is 0 Å². The average Bonchev–Trinajstić information content (AvgIpc) is 2.93. The molecule has 0 aliphatic carbocycles. The summed E-state index contributed by atoms with van der Waals surface area (Å²) in [5.74, 6) is 1.95. The van der Waals surface area contributed by atoms with Crippen LogP contribution in [-0.4, -0.2) is 44.8 Å². The molecule has 0 spiro atoms. The van der Waals surface area contributed by atoms with Crippen molar-refractivity contribution < 1.29 is 14.1 Å². The van der Waals surface area contributed by atoms with E-state index in [-0.39, 0.29) is 5.75 Å². The van der Waals surface area contributed by atoms with Gasteiger partial charge in [-0.3, -0.25) is 4.21 Å². The van der Waals surface area contributed by atoms with Crippen LogP contribution in [0.4, 0.5) is 0 Å². The number of benzene rings is 2. The summed E-state index contributed by atoms with van der Waals surface area (Å²) in [6.07, 6.45) is 6.17. The Morgan fingerprint density at radius 3 is 2.41 bits per heavy atom. The van der Waals surface area contributed by atoms with Gasteiger partial charge in [-0.25, -0.2) is 4.98 Å². The van der Waals surface area contributed by atoms with E-state index in [0.717, 1.165) is 41.0 Å². The maximum Gasteiger partial charge on any atom is 0.118 e. The summed E-state index contributed by atoms with van der Waals surface area (Å²) in [4.78, 5) is 4.80. The molecule has 2 aromatic carbocycles. The molecule has 196 valence electrons. The van der Waals surface area contributed by atoms with E-state index in [1.807, 2.05) is 60.7 Å². The zero-order chi connectivity index (χ0) is 26.5. The topological polar surface area (TPSA) is 83.2 Å². The highest BCUT2D eigenvalue weighted by molar-refractivity contribution is 7.99. The lowest BCUT2D eigenvalue weighted by Gasteiger charge is -2.14. The summed E-state index contributed by atoms with van der Waals surface area (Å²) in [6.45, 7) is 2.20. The Morgan fingerprint density at radius 2 is 1.73 bits per heavy atom. The number of nitrogens with zero attached hydrogens (tertiary/aromatic N) is 2. The third kappa shape index (κ3) is 8.99. The molecule has 1 N–H and O–H groups in total. The number of hydrogen-bond donors (Lipinski definition) is 1. The monoisotopic (exact) mass is 536 g/mol. The van der Waals surface area contributed by atoms with Gasteiger partial charge in [0.25, 0.3) is 0 Å². The minimum Gasteiger partial charge on any atom is -0.497 e. The second-order valence-corrected chi connectivity index (χ2v) is 11.6. The molecule has 0 aliphatic rings. The minimum absolute atomic E-state index is 0.244. The number of aliphatic hydroxyl groups is 1. The number of aliphatic hydroxyl groups excluding tert-OH is 1. The largest absolute Gasteiger partial charge is 0.497 e. The van der Waals surface area contributed by atoms with Crippen molar-refractivity contribution >= 4 is 22.6 Å². The number of thioether (sulfide) groups is 1. The van der Waals surface area contributed by atoms with Crippen LogP contribution < -0.4 is 4.74 Å². The van der Waals surface area contributed by atoms with Gasteiger partial charge in [0.15, 0.2) is 0 Å². The fourth-order valence-corrected chi connectivity index (χ4v) is 6.37. The molecule has 7 heteroatoms.